The van der Waals surface area contributed by atoms with E-state index in [1.54, 1.807) is 24.3 Å². The predicted octanol–water partition coefficient (Wildman–Crippen LogP) is 4.47. The largest absolute Gasteiger partial charge is 0.355 e. The van der Waals surface area contributed by atoms with Gasteiger partial charge >= 0.3 is 0 Å². The number of nitrogens with one attached hydrogen (secondary N) is 1. The van der Waals surface area contributed by atoms with E-state index in [0.29, 0.717) is 12.8 Å². The zero-order chi connectivity index (χ0) is 24.3. The third kappa shape index (κ3) is 4.92. The number of carbonyl (C=O) groups is 1. The fourth-order valence-corrected chi connectivity index (χ4v) is 5.65. The zero-order valence-corrected chi connectivity index (χ0v) is 19.2. The number of para-hydroxylation sites is 1. The summed E-state index contributed by atoms with van der Waals surface area (Å²) < 4.78 is 61.2. The summed E-state index contributed by atoms with van der Waals surface area (Å²) in [6, 6.07) is 11.8. The number of carbonyl (C=O) groups excluding carboxylic acids is 1. The summed E-state index contributed by atoms with van der Waals surface area (Å²) in [5, 5.41) is 6.33. The maximum atomic E-state index is 13.9. The van der Waals surface area contributed by atoms with Gasteiger partial charge < -0.3 is 9.84 Å². The zero-order valence-electron chi connectivity index (χ0n) is 18.4. The normalized spacial score (nSPS) is 17.2. The molecule has 10 heteroatoms. The van der Waals surface area contributed by atoms with Crippen molar-refractivity contribution >= 4 is 33.8 Å². The van der Waals surface area contributed by atoms with E-state index in [1.165, 1.54) is 47.6 Å². The van der Waals surface area contributed by atoms with Crippen LogP contribution < -0.4 is 5.32 Å². The van der Waals surface area contributed by atoms with Crippen molar-refractivity contribution < 1.29 is 26.5 Å². The summed E-state index contributed by atoms with van der Waals surface area (Å²) in [5.41, 5.74) is 0.469. The Morgan fingerprint density at radius 1 is 1.12 bits per heavy atom. The lowest BCUT2D eigenvalue weighted by Crippen LogP contribution is -2.44. The molecular weight excluding hydrogens is 464 g/mol. The topological polar surface area (TPSA) is 92.5 Å². The predicted molar refractivity (Wildman–Crippen MR) is 123 cm³/mol. The van der Waals surface area contributed by atoms with Gasteiger partial charge in [-0.15, -0.1) is 0 Å². The van der Waals surface area contributed by atoms with Gasteiger partial charge in [0, 0.05) is 18.7 Å². The number of hydrogen-bond acceptors (Lipinski definition) is 5. The number of rotatable bonds is 6. The monoisotopic (exact) mass is 487 g/mol. The minimum atomic E-state index is -4.06. The molecule has 0 radical (unpaired) electrons. The number of hydrogen-bond donors (Lipinski definition) is 1. The Labute approximate surface area is 196 Å². The first-order chi connectivity index (χ1) is 16.3. The van der Waals surface area contributed by atoms with Crippen LogP contribution in [-0.4, -0.2) is 36.9 Å². The van der Waals surface area contributed by atoms with Crippen LogP contribution in [0.4, 0.5) is 14.5 Å². The van der Waals surface area contributed by atoms with Crippen LogP contribution >= 0.6 is 0 Å². The molecule has 1 N–H and O–H groups in total. The number of aryl methyl sites for hydroxylation is 1. The first kappa shape index (κ1) is 23.8. The summed E-state index contributed by atoms with van der Waals surface area (Å²) in [4.78, 5) is 12.6. The standard InChI is InChI=1S/C24H23F2N3O4S/c1-16-23(22(33-28-16)13-12-17-7-2-3-9-19(17)25)34(31,32)29-14-6-8-18(15-29)24(30)27-21-11-5-4-10-20(21)26/h2-5,7,9-13,18H,6,8,14-15H2,1H3,(H,27,30)/b13-12+. The second-order valence-corrected chi connectivity index (χ2v) is 9.86. The Morgan fingerprint density at radius 2 is 1.82 bits per heavy atom. The van der Waals surface area contributed by atoms with Crippen molar-refractivity contribution in [2.75, 3.05) is 18.4 Å². The summed E-state index contributed by atoms with van der Waals surface area (Å²) in [7, 11) is -4.06. The van der Waals surface area contributed by atoms with Gasteiger partial charge in [-0.1, -0.05) is 35.5 Å². The van der Waals surface area contributed by atoms with Crippen molar-refractivity contribution in [2.45, 2.75) is 24.7 Å². The highest BCUT2D eigenvalue weighted by molar-refractivity contribution is 7.89. The van der Waals surface area contributed by atoms with Crippen LogP contribution in [0.5, 0.6) is 0 Å². The van der Waals surface area contributed by atoms with Gasteiger partial charge in [-0.3, -0.25) is 4.79 Å². The van der Waals surface area contributed by atoms with Crippen LogP contribution in [0.25, 0.3) is 12.2 Å². The molecule has 1 fully saturated rings. The Morgan fingerprint density at radius 3 is 2.56 bits per heavy atom. The van der Waals surface area contributed by atoms with Crippen molar-refractivity contribution in [3.8, 4) is 0 Å². The van der Waals surface area contributed by atoms with E-state index in [9.17, 15) is 22.0 Å². The average Bonchev–Trinajstić information content (AvgIpc) is 3.21. The molecule has 7 nitrogen and oxygen atoms in total. The fourth-order valence-electron chi connectivity index (χ4n) is 3.88. The lowest BCUT2D eigenvalue weighted by atomic mass is 9.98. The third-order valence-corrected chi connectivity index (χ3v) is 7.66. The minimum Gasteiger partial charge on any atom is -0.355 e. The lowest BCUT2D eigenvalue weighted by Gasteiger charge is -2.31. The first-order valence-electron chi connectivity index (χ1n) is 10.7. The van der Waals surface area contributed by atoms with Gasteiger partial charge in [0.25, 0.3) is 0 Å². The van der Waals surface area contributed by atoms with E-state index in [0.717, 1.165) is 0 Å². The van der Waals surface area contributed by atoms with Crippen LogP contribution in [0.2, 0.25) is 0 Å². The number of aromatic nitrogens is 1. The Balaban J connectivity index is 1.55. The van der Waals surface area contributed by atoms with E-state index >= 15 is 0 Å². The second-order valence-electron chi connectivity index (χ2n) is 7.99. The molecule has 0 spiro atoms. The molecule has 0 saturated carbocycles. The van der Waals surface area contributed by atoms with Crippen molar-refractivity contribution in [3.63, 3.8) is 0 Å². The fraction of sp³-hybridized carbons (Fsp3) is 0.250. The molecule has 0 bridgehead atoms. The van der Waals surface area contributed by atoms with E-state index < -0.39 is 33.5 Å². The maximum absolute atomic E-state index is 13.9. The van der Waals surface area contributed by atoms with E-state index in [1.807, 2.05) is 0 Å². The minimum absolute atomic E-state index is 0.0290. The van der Waals surface area contributed by atoms with Crippen LogP contribution in [0.1, 0.15) is 29.9 Å². The summed E-state index contributed by atoms with van der Waals surface area (Å²) >= 11 is 0. The maximum Gasteiger partial charge on any atom is 0.248 e. The Kier molecular flexibility index (Phi) is 6.90. The van der Waals surface area contributed by atoms with Crippen molar-refractivity contribution in [1.29, 1.82) is 0 Å². The summed E-state index contributed by atoms with van der Waals surface area (Å²) in [5.74, 6) is -2.16. The molecule has 1 amide bonds. The number of amides is 1. The SMILES string of the molecule is Cc1noc(/C=C/c2ccccc2F)c1S(=O)(=O)N1CCCC(C(=O)Nc2ccccc2F)C1. The number of benzene rings is 2. The molecule has 34 heavy (non-hydrogen) atoms. The molecule has 2 heterocycles. The summed E-state index contributed by atoms with van der Waals surface area (Å²) in [6.07, 6.45) is 3.70. The van der Waals surface area contributed by atoms with Crippen LogP contribution in [0.3, 0.4) is 0 Å². The van der Waals surface area contributed by atoms with Crippen LogP contribution in [-0.2, 0) is 14.8 Å². The molecule has 4 rings (SSSR count). The molecular formula is C24H23F2N3O4S. The van der Waals surface area contributed by atoms with Gasteiger partial charge in [-0.25, -0.2) is 17.2 Å². The summed E-state index contributed by atoms with van der Waals surface area (Å²) in [6.45, 7) is 1.65. The number of sulfonamides is 1. The third-order valence-electron chi connectivity index (χ3n) is 5.64. The molecule has 0 aliphatic carbocycles. The highest BCUT2D eigenvalue weighted by Crippen LogP contribution is 2.30. The van der Waals surface area contributed by atoms with Crippen molar-refractivity contribution in [1.82, 2.24) is 9.46 Å². The highest BCUT2D eigenvalue weighted by Gasteiger charge is 2.37. The van der Waals surface area contributed by atoms with Gasteiger partial charge in [-0.05, 0) is 50.1 Å². The number of nitrogens with zero attached hydrogens (tertiary/aromatic N) is 2. The Hall–Kier alpha value is -3.37. The first-order valence-corrected chi connectivity index (χ1v) is 12.2. The molecule has 3 aromatic rings. The highest BCUT2D eigenvalue weighted by atomic mass is 32.2. The quantitative estimate of drug-likeness (QED) is 0.554. The number of piperidine rings is 1. The molecule has 1 aromatic heterocycles. The molecule has 1 atom stereocenters. The molecule has 1 unspecified atom stereocenters. The lowest BCUT2D eigenvalue weighted by molar-refractivity contribution is -0.120. The van der Waals surface area contributed by atoms with Gasteiger partial charge in [0.15, 0.2) is 10.7 Å². The van der Waals surface area contributed by atoms with Gasteiger partial charge in [0.05, 0.1) is 11.6 Å². The van der Waals surface area contributed by atoms with Crippen molar-refractivity contribution in [3.05, 3.63) is 77.2 Å². The van der Waals surface area contributed by atoms with Gasteiger partial charge in [-0.2, -0.15) is 4.31 Å². The number of anilines is 1. The molecule has 1 aliphatic rings. The van der Waals surface area contributed by atoms with Crippen LogP contribution in [0.15, 0.2) is 57.9 Å². The second kappa shape index (κ2) is 9.86. The smallest absolute Gasteiger partial charge is 0.248 e. The van der Waals surface area contributed by atoms with Gasteiger partial charge in [0.1, 0.15) is 17.3 Å². The molecule has 2 aromatic carbocycles. The molecule has 178 valence electrons. The van der Waals surface area contributed by atoms with Crippen LogP contribution in [0, 0.1) is 24.5 Å². The van der Waals surface area contributed by atoms with E-state index in [-0.39, 0.29) is 40.7 Å². The molecule has 1 saturated heterocycles. The van der Waals surface area contributed by atoms with Crippen molar-refractivity contribution in [2.24, 2.45) is 5.92 Å². The Bertz CT molecular complexity index is 1340. The molecule has 1 aliphatic heterocycles. The van der Waals surface area contributed by atoms with Gasteiger partial charge in [0.2, 0.25) is 15.9 Å². The number of halogens is 2. The van der Waals surface area contributed by atoms with E-state index in [4.69, 9.17) is 4.52 Å². The van der Waals surface area contributed by atoms with E-state index in [2.05, 4.69) is 10.5 Å². The average molecular weight is 488 g/mol.